The Kier molecular flexibility index (Phi) is 6.41. The Morgan fingerprint density at radius 2 is 1.82 bits per heavy atom. The monoisotopic (exact) mass is 324 g/mol. The van der Waals surface area contributed by atoms with Gasteiger partial charge in [-0.2, -0.15) is 0 Å². The summed E-state index contributed by atoms with van der Waals surface area (Å²) < 4.78 is 27.1. The summed E-state index contributed by atoms with van der Waals surface area (Å²) in [7, 11) is -3.37. The summed E-state index contributed by atoms with van der Waals surface area (Å²) in [6.07, 6.45) is 4.30. The van der Waals surface area contributed by atoms with Crippen molar-refractivity contribution in [1.82, 2.24) is 9.62 Å². The van der Waals surface area contributed by atoms with Gasteiger partial charge in [-0.1, -0.05) is 26.0 Å². The van der Waals surface area contributed by atoms with E-state index in [4.69, 9.17) is 0 Å². The molecule has 0 aliphatic carbocycles. The van der Waals surface area contributed by atoms with Crippen molar-refractivity contribution in [2.45, 2.75) is 44.4 Å². The van der Waals surface area contributed by atoms with Crippen LogP contribution in [0.1, 0.15) is 38.7 Å². The highest BCUT2D eigenvalue weighted by Crippen LogP contribution is 2.16. The molecule has 0 spiro atoms. The van der Waals surface area contributed by atoms with E-state index in [0.29, 0.717) is 11.4 Å². The van der Waals surface area contributed by atoms with Crippen LogP contribution in [0.25, 0.3) is 0 Å². The van der Waals surface area contributed by atoms with Crippen LogP contribution in [-0.4, -0.2) is 39.5 Å². The summed E-state index contributed by atoms with van der Waals surface area (Å²) in [5, 5.41) is 0. The molecular formula is C17H28N2O2S. The molecule has 0 unspecified atom stereocenters. The fourth-order valence-corrected chi connectivity index (χ4v) is 3.86. The first kappa shape index (κ1) is 17.4. The van der Waals surface area contributed by atoms with Crippen molar-refractivity contribution in [3.05, 3.63) is 29.8 Å². The van der Waals surface area contributed by atoms with Crippen LogP contribution in [0, 0.1) is 5.92 Å². The lowest BCUT2D eigenvalue weighted by atomic mass is 9.99. The van der Waals surface area contributed by atoms with E-state index in [1.54, 1.807) is 12.1 Å². The number of benzene rings is 1. The van der Waals surface area contributed by atoms with Crippen molar-refractivity contribution in [3.8, 4) is 0 Å². The number of sulfonamides is 1. The zero-order chi connectivity index (χ0) is 16.0. The van der Waals surface area contributed by atoms with Crippen LogP contribution in [0.3, 0.4) is 0 Å². The molecule has 1 fully saturated rings. The number of piperidine rings is 1. The van der Waals surface area contributed by atoms with E-state index in [1.807, 2.05) is 12.1 Å². The Bertz CT molecular complexity index is 547. The minimum atomic E-state index is -3.37. The molecular weight excluding hydrogens is 296 g/mol. The molecule has 1 N–H and O–H groups in total. The molecule has 0 amide bonds. The minimum Gasteiger partial charge on any atom is -0.303 e. The second-order valence-corrected chi connectivity index (χ2v) is 8.04. The van der Waals surface area contributed by atoms with Crippen molar-refractivity contribution in [3.63, 3.8) is 0 Å². The lowest BCUT2D eigenvalue weighted by molar-refractivity contribution is 0.191. The third-order valence-corrected chi connectivity index (χ3v) is 5.94. The lowest BCUT2D eigenvalue weighted by Gasteiger charge is -2.30. The van der Waals surface area contributed by atoms with Gasteiger partial charge < -0.3 is 4.90 Å². The van der Waals surface area contributed by atoms with Gasteiger partial charge in [-0.25, -0.2) is 13.1 Å². The van der Waals surface area contributed by atoms with Gasteiger partial charge in [0.2, 0.25) is 10.0 Å². The van der Waals surface area contributed by atoms with Crippen molar-refractivity contribution in [1.29, 1.82) is 0 Å². The highest BCUT2D eigenvalue weighted by molar-refractivity contribution is 7.89. The smallest absolute Gasteiger partial charge is 0.240 e. The van der Waals surface area contributed by atoms with Crippen LogP contribution in [0.2, 0.25) is 0 Å². The van der Waals surface area contributed by atoms with Gasteiger partial charge in [-0.3, -0.25) is 0 Å². The first-order valence-electron chi connectivity index (χ1n) is 8.32. The summed E-state index contributed by atoms with van der Waals surface area (Å²) in [5.41, 5.74) is 1.15. The Labute approximate surface area is 135 Å². The van der Waals surface area contributed by atoms with Gasteiger partial charge in [0.05, 0.1) is 4.90 Å². The van der Waals surface area contributed by atoms with Crippen molar-refractivity contribution in [2.24, 2.45) is 5.92 Å². The molecule has 0 aromatic heterocycles. The maximum absolute atomic E-state index is 12.2. The Balaban J connectivity index is 1.75. The molecule has 0 radical (unpaired) electrons. The van der Waals surface area contributed by atoms with Gasteiger partial charge in [-0.05, 0) is 68.9 Å². The predicted octanol–water partition coefficient (Wildman–Crippen LogP) is 2.65. The number of rotatable bonds is 7. The molecule has 22 heavy (non-hydrogen) atoms. The summed E-state index contributed by atoms with van der Waals surface area (Å²) >= 11 is 0. The number of hydrogen-bond donors (Lipinski definition) is 1. The summed E-state index contributed by atoms with van der Waals surface area (Å²) in [6.45, 7) is 8.13. The normalized spacial score (nSPS) is 17.7. The van der Waals surface area contributed by atoms with Crippen molar-refractivity contribution in [2.75, 3.05) is 26.2 Å². The third kappa shape index (κ3) is 5.07. The number of aryl methyl sites for hydroxylation is 1. The molecule has 0 atom stereocenters. The van der Waals surface area contributed by atoms with Gasteiger partial charge in [-0.15, -0.1) is 0 Å². The fraction of sp³-hybridized carbons (Fsp3) is 0.647. The molecule has 1 aromatic rings. The number of hydrogen-bond acceptors (Lipinski definition) is 3. The Morgan fingerprint density at radius 1 is 1.18 bits per heavy atom. The molecule has 5 heteroatoms. The SMILES string of the molecule is CCc1ccc(S(=O)(=O)NCCCN2CCC(C)CC2)cc1. The summed E-state index contributed by atoms with van der Waals surface area (Å²) in [4.78, 5) is 2.79. The van der Waals surface area contributed by atoms with E-state index in [-0.39, 0.29) is 0 Å². The molecule has 0 saturated carbocycles. The maximum Gasteiger partial charge on any atom is 0.240 e. The van der Waals surface area contributed by atoms with Crippen molar-refractivity contribution < 1.29 is 8.42 Å². The van der Waals surface area contributed by atoms with Crippen molar-refractivity contribution >= 4 is 10.0 Å². The maximum atomic E-state index is 12.2. The average molecular weight is 324 g/mol. The van der Waals surface area contributed by atoms with E-state index in [1.165, 1.54) is 12.8 Å². The molecule has 2 rings (SSSR count). The zero-order valence-electron chi connectivity index (χ0n) is 13.7. The molecule has 1 aliphatic rings. The van der Waals surface area contributed by atoms with Crippen LogP contribution < -0.4 is 4.72 Å². The van der Waals surface area contributed by atoms with E-state index in [2.05, 4.69) is 23.5 Å². The van der Waals surface area contributed by atoms with Gasteiger partial charge >= 0.3 is 0 Å². The molecule has 1 saturated heterocycles. The number of likely N-dealkylation sites (tertiary alicyclic amines) is 1. The highest BCUT2D eigenvalue weighted by Gasteiger charge is 2.16. The molecule has 4 nitrogen and oxygen atoms in total. The Morgan fingerprint density at radius 3 is 2.41 bits per heavy atom. The minimum absolute atomic E-state index is 0.358. The highest BCUT2D eigenvalue weighted by atomic mass is 32.2. The Hall–Kier alpha value is -0.910. The first-order valence-corrected chi connectivity index (χ1v) is 9.80. The molecule has 0 bridgehead atoms. The topological polar surface area (TPSA) is 49.4 Å². The molecule has 1 aromatic carbocycles. The second-order valence-electron chi connectivity index (χ2n) is 6.27. The summed E-state index contributed by atoms with van der Waals surface area (Å²) in [6, 6.07) is 7.13. The quantitative estimate of drug-likeness (QED) is 0.785. The van der Waals surface area contributed by atoms with Crippen LogP contribution in [0.15, 0.2) is 29.2 Å². The van der Waals surface area contributed by atoms with Gasteiger partial charge in [0.25, 0.3) is 0 Å². The standard InChI is InChI=1S/C17H28N2O2S/c1-3-16-5-7-17(8-6-16)22(20,21)18-11-4-12-19-13-9-15(2)10-14-19/h5-8,15,18H,3-4,9-14H2,1-2H3. The number of nitrogens with one attached hydrogen (secondary N) is 1. The number of nitrogens with zero attached hydrogens (tertiary/aromatic N) is 1. The van der Waals surface area contributed by atoms with Crippen LogP contribution in [-0.2, 0) is 16.4 Å². The third-order valence-electron chi connectivity index (χ3n) is 4.46. The predicted molar refractivity (Wildman–Crippen MR) is 90.5 cm³/mol. The largest absolute Gasteiger partial charge is 0.303 e. The second kappa shape index (κ2) is 8.09. The molecule has 1 heterocycles. The van der Waals surface area contributed by atoms with Gasteiger partial charge in [0, 0.05) is 6.54 Å². The zero-order valence-corrected chi connectivity index (χ0v) is 14.5. The molecule has 1 aliphatic heterocycles. The van der Waals surface area contributed by atoms with Crippen LogP contribution in [0.4, 0.5) is 0 Å². The lowest BCUT2D eigenvalue weighted by Crippen LogP contribution is -2.35. The van der Waals surface area contributed by atoms with Crippen LogP contribution in [0.5, 0.6) is 0 Å². The summed E-state index contributed by atoms with van der Waals surface area (Å²) in [5.74, 6) is 0.834. The van der Waals surface area contributed by atoms with Crippen LogP contribution >= 0.6 is 0 Å². The average Bonchev–Trinajstić information content (AvgIpc) is 2.53. The van der Waals surface area contributed by atoms with E-state index in [9.17, 15) is 8.42 Å². The molecule has 124 valence electrons. The van der Waals surface area contributed by atoms with E-state index >= 15 is 0 Å². The first-order chi connectivity index (χ1) is 10.5. The van der Waals surface area contributed by atoms with E-state index < -0.39 is 10.0 Å². The van der Waals surface area contributed by atoms with Gasteiger partial charge in [0.1, 0.15) is 0 Å². The van der Waals surface area contributed by atoms with Gasteiger partial charge in [0.15, 0.2) is 0 Å². The fourth-order valence-electron chi connectivity index (χ4n) is 2.78. The van der Waals surface area contributed by atoms with E-state index in [0.717, 1.165) is 44.0 Å².